The van der Waals surface area contributed by atoms with Crippen LogP contribution in [-0.2, 0) is 11.3 Å². The zero-order valence-corrected chi connectivity index (χ0v) is 15.8. The number of hydrogen-bond donors (Lipinski definition) is 0. The molecule has 1 aliphatic rings. The van der Waals surface area contributed by atoms with E-state index in [4.69, 9.17) is 0 Å². The van der Waals surface area contributed by atoms with Crippen molar-refractivity contribution in [3.05, 3.63) is 83.9 Å². The van der Waals surface area contributed by atoms with E-state index in [1.807, 2.05) is 55.5 Å². The van der Waals surface area contributed by atoms with Gasteiger partial charge in [0, 0.05) is 0 Å². The number of carbonyl (C=O) groups is 1. The molecule has 27 heavy (non-hydrogen) atoms. The highest BCUT2D eigenvalue weighted by molar-refractivity contribution is 8.15. The largest absolute Gasteiger partial charge is 0.284 e. The maximum Gasteiger partial charge on any atom is 0.242 e. The summed E-state index contributed by atoms with van der Waals surface area (Å²) in [7, 11) is 0. The summed E-state index contributed by atoms with van der Waals surface area (Å²) < 4.78 is 0. The van der Waals surface area contributed by atoms with E-state index < -0.39 is 0 Å². The monoisotopic (exact) mass is 373 g/mol. The summed E-state index contributed by atoms with van der Waals surface area (Å²) in [5.74, 6) is 0.0709. The van der Waals surface area contributed by atoms with Gasteiger partial charge in [-0.3, -0.25) is 9.69 Å². The molecule has 1 amide bonds. The Balaban J connectivity index is 1.61. The van der Waals surface area contributed by atoms with Crippen molar-refractivity contribution >= 4 is 39.8 Å². The summed E-state index contributed by atoms with van der Waals surface area (Å²) in [4.78, 5) is 14.4. The van der Waals surface area contributed by atoms with Gasteiger partial charge in [-0.25, -0.2) is 0 Å². The molecule has 1 aliphatic heterocycles. The summed E-state index contributed by atoms with van der Waals surface area (Å²) in [6, 6.07) is 24.2. The Kier molecular flexibility index (Phi) is 5.03. The number of rotatable bonds is 4. The van der Waals surface area contributed by atoms with Crippen LogP contribution in [0.15, 0.2) is 83.0 Å². The maximum atomic E-state index is 12.7. The van der Waals surface area contributed by atoms with Gasteiger partial charge in [0.05, 0.1) is 18.0 Å². The van der Waals surface area contributed by atoms with Crippen LogP contribution in [0.4, 0.5) is 0 Å². The van der Waals surface area contributed by atoms with Crippen LogP contribution in [0.1, 0.15) is 18.1 Å². The highest BCUT2D eigenvalue weighted by Gasteiger charge is 2.35. The van der Waals surface area contributed by atoms with Crippen LogP contribution < -0.4 is 0 Å². The van der Waals surface area contributed by atoms with Crippen LogP contribution in [0.5, 0.6) is 0 Å². The molecule has 134 valence electrons. The fourth-order valence-electron chi connectivity index (χ4n) is 3.09. The molecule has 4 rings (SSSR count). The van der Waals surface area contributed by atoms with Gasteiger partial charge in [0.25, 0.3) is 0 Å². The summed E-state index contributed by atoms with van der Waals surface area (Å²) in [6.07, 6.45) is 1.71. The molecule has 5 heteroatoms. The van der Waals surface area contributed by atoms with Gasteiger partial charge in [-0.05, 0) is 28.8 Å². The molecule has 1 heterocycles. The van der Waals surface area contributed by atoms with E-state index in [0.717, 1.165) is 16.5 Å². The first-order valence-electron chi connectivity index (χ1n) is 8.83. The highest BCUT2D eigenvalue weighted by Crippen LogP contribution is 2.30. The number of fused-ring (bicyclic) bond motifs is 1. The predicted octanol–water partition coefficient (Wildman–Crippen LogP) is 4.69. The molecular formula is C22H19N3OS. The molecule has 0 saturated carbocycles. The second kappa shape index (κ2) is 7.76. The highest BCUT2D eigenvalue weighted by atomic mass is 32.2. The number of amides is 1. The van der Waals surface area contributed by atoms with Crippen LogP contribution >= 0.6 is 11.8 Å². The Morgan fingerprint density at radius 1 is 1.00 bits per heavy atom. The van der Waals surface area contributed by atoms with Gasteiger partial charge in [0.15, 0.2) is 5.17 Å². The molecule has 4 nitrogen and oxygen atoms in total. The zero-order valence-electron chi connectivity index (χ0n) is 14.9. The van der Waals surface area contributed by atoms with Gasteiger partial charge in [-0.1, -0.05) is 84.6 Å². The SMILES string of the molecule is CC1S/C(=N\N=C\c2ccccc2)N(Cc2cccc3ccccc23)C1=O. The predicted molar refractivity (Wildman–Crippen MR) is 113 cm³/mol. The third-order valence-corrected chi connectivity index (χ3v) is 5.55. The number of amidine groups is 1. The van der Waals surface area contributed by atoms with E-state index >= 15 is 0 Å². The van der Waals surface area contributed by atoms with Crippen molar-refractivity contribution in [2.24, 2.45) is 10.2 Å². The maximum absolute atomic E-state index is 12.7. The summed E-state index contributed by atoms with van der Waals surface area (Å²) >= 11 is 1.45. The summed E-state index contributed by atoms with van der Waals surface area (Å²) in [6.45, 7) is 2.41. The van der Waals surface area contributed by atoms with Crippen molar-refractivity contribution in [1.29, 1.82) is 0 Å². The van der Waals surface area contributed by atoms with Gasteiger partial charge in [-0.15, -0.1) is 5.10 Å². The second-order valence-corrected chi connectivity index (χ2v) is 7.67. The zero-order chi connectivity index (χ0) is 18.6. The lowest BCUT2D eigenvalue weighted by Gasteiger charge is -2.17. The Bertz CT molecular complexity index is 1020. The molecule has 0 aliphatic carbocycles. The molecule has 0 aromatic heterocycles. The molecule has 3 aromatic rings. The topological polar surface area (TPSA) is 45.0 Å². The molecule has 1 atom stereocenters. The molecule has 1 fully saturated rings. The average Bonchev–Trinajstić information content (AvgIpc) is 2.97. The molecule has 0 N–H and O–H groups in total. The first-order chi connectivity index (χ1) is 13.2. The average molecular weight is 373 g/mol. The van der Waals surface area contributed by atoms with E-state index in [9.17, 15) is 4.79 Å². The Morgan fingerprint density at radius 3 is 2.59 bits per heavy atom. The third-order valence-electron chi connectivity index (χ3n) is 4.48. The van der Waals surface area contributed by atoms with Crippen molar-refractivity contribution in [2.45, 2.75) is 18.7 Å². The minimum Gasteiger partial charge on any atom is -0.284 e. The van der Waals surface area contributed by atoms with Crippen LogP contribution in [0.2, 0.25) is 0 Å². The van der Waals surface area contributed by atoms with Crippen molar-refractivity contribution in [1.82, 2.24) is 4.90 Å². The number of nitrogens with zero attached hydrogens (tertiary/aromatic N) is 3. The van der Waals surface area contributed by atoms with Crippen LogP contribution in [0.25, 0.3) is 10.8 Å². The van der Waals surface area contributed by atoms with Gasteiger partial charge in [0.2, 0.25) is 5.91 Å². The minimum atomic E-state index is -0.148. The second-order valence-electron chi connectivity index (χ2n) is 6.36. The van der Waals surface area contributed by atoms with Gasteiger partial charge < -0.3 is 0 Å². The van der Waals surface area contributed by atoms with Gasteiger partial charge >= 0.3 is 0 Å². The molecule has 0 spiro atoms. The normalized spacial score (nSPS) is 18.9. The van der Waals surface area contributed by atoms with E-state index in [2.05, 4.69) is 34.5 Å². The Hall–Kier alpha value is -2.92. The minimum absolute atomic E-state index is 0.0709. The third kappa shape index (κ3) is 3.78. The first-order valence-corrected chi connectivity index (χ1v) is 9.71. The van der Waals surface area contributed by atoms with E-state index in [1.54, 1.807) is 11.1 Å². The standard InChI is InChI=1S/C22H19N3OS/c1-16-21(26)25(15-19-12-7-11-18-10-5-6-13-20(18)19)22(27-16)24-23-14-17-8-3-2-4-9-17/h2-14,16H,15H2,1H3/b23-14+,24-22-. The van der Waals surface area contributed by atoms with Gasteiger partial charge in [-0.2, -0.15) is 5.10 Å². The molecular weight excluding hydrogens is 354 g/mol. The van der Waals surface area contributed by atoms with Crippen molar-refractivity contribution in [3.63, 3.8) is 0 Å². The molecule has 0 bridgehead atoms. The van der Waals surface area contributed by atoms with E-state index in [1.165, 1.54) is 17.1 Å². The Labute approximate surface area is 162 Å². The summed E-state index contributed by atoms with van der Waals surface area (Å²) in [5, 5.41) is 11.4. The van der Waals surface area contributed by atoms with Crippen LogP contribution in [0, 0.1) is 0 Å². The first kappa shape index (κ1) is 17.5. The molecule has 1 saturated heterocycles. The fourth-order valence-corrected chi connectivity index (χ4v) is 4.01. The lowest BCUT2D eigenvalue weighted by molar-refractivity contribution is -0.126. The molecule has 3 aromatic carbocycles. The summed E-state index contributed by atoms with van der Waals surface area (Å²) in [5.41, 5.74) is 2.08. The number of benzene rings is 3. The van der Waals surface area contributed by atoms with Crippen LogP contribution in [-0.4, -0.2) is 27.4 Å². The number of hydrogen-bond acceptors (Lipinski definition) is 4. The van der Waals surface area contributed by atoms with E-state index in [-0.39, 0.29) is 11.2 Å². The number of carbonyl (C=O) groups excluding carboxylic acids is 1. The van der Waals surface area contributed by atoms with E-state index in [0.29, 0.717) is 11.7 Å². The van der Waals surface area contributed by atoms with Crippen molar-refractivity contribution in [3.8, 4) is 0 Å². The molecule has 1 unspecified atom stereocenters. The lowest BCUT2D eigenvalue weighted by atomic mass is 10.0. The molecule has 0 radical (unpaired) electrons. The van der Waals surface area contributed by atoms with Crippen molar-refractivity contribution < 1.29 is 4.79 Å². The van der Waals surface area contributed by atoms with Crippen molar-refractivity contribution in [2.75, 3.05) is 0 Å². The van der Waals surface area contributed by atoms with Crippen LogP contribution in [0.3, 0.4) is 0 Å². The quantitative estimate of drug-likeness (QED) is 0.492. The van der Waals surface area contributed by atoms with Gasteiger partial charge in [0.1, 0.15) is 0 Å². The number of thioether (sulfide) groups is 1. The lowest BCUT2D eigenvalue weighted by Crippen LogP contribution is -2.30. The fraction of sp³-hybridized carbons (Fsp3) is 0.136. The smallest absolute Gasteiger partial charge is 0.242 e. The Morgan fingerprint density at radius 2 is 1.74 bits per heavy atom.